The van der Waals surface area contributed by atoms with Gasteiger partial charge in [-0.2, -0.15) is 0 Å². The molecule has 0 unspecified atom stereocenters. The van der Waals surface area contributed by atoms with Gasteiger partial charge in [0.05, 0.1) is 18.4 Å². The summed E-state index contributed by atoms with van der Waals surface area (Å²) >= 11 is 0. The van der Waals surface area contributed by atoms with E-state index in [-0.39, 0.29) is 17.5 Å². The number of nitrogens with zero attached hydrogens (tertiary/aromatic N) is 1. The van der Waals surface area contributed by atoms with Crippen LogP contribution in [0.4, 0.5) is 0 Å². The summed E-state index contributed by atoms with van der Waals surface area (Å²) in [5, 5.41) is 18.4. The number of hydrogen-bond acceptors (Lipinski definition) is 5. The van der Waals surface area contributed by atoms with Gasteiger partial charge < -0.3 is 15.7 Å². The maximum absolute atomic E-state index is 11.7. The Bertz CT molecular complexity index is 753. The molecule has 2 aliphatic heterocycles. The van der Waals surface area contributed by atoms with Gasteiger partial charge in [0.1, 0.15) is 0 Å². The lowest BCUT2D eigenvalue weighted by Gasteiger charge is -2.40. The van der Waals surface area contributed by atoms with Crippen LogP contribution in [-0.4, -0.2) is 62.4 Å². The second-order valence-electron chi connectivity index (χ2n) is 8.02. The molecular formula is C19H29N3O3S. The second kappa shape index (κ2) is 6.87. The van der Waals surface area contributed by atoms with Crippen molar-refractivity contribution >= 4 is 10.0 Å². The number of sulfonamides is 1. The highest BCUT2D eigenvalue weighted by Crippen LogP contribution is 2.50. The Balaban J connectivity index is 1.53. The number of aliphatic hydroxyl groups excluding tert-OH is 1. The maximum Gasteiger partial charge on any atom is 0.211 e. The molecule has 2 saturated heterocycles. The van der Waals surface area contributed by atoms with Crippen LogP contribution in [0.1, 0.15) is 42.9 Å². The van der Waals surface area contributed by atoms with Gasteiger partial charge in [0.2, 0.25) is 10.0 Å². The standard InChI is InChI=1S/C19H29N3O3S/c1-26(24,25)22-12-6-14(7-13-22)21-17-15-4-2-3-5-16(15)19(18(17)23)8-10-20-11-9-19/h2-5,14,17-18,20-21,23H,6-13H2,1H3/t17-,18+/m1/s1. The van der Waals surface area contributed by atoms with Gasteiger partial charge in [0.25, 0.3) is 0 Å². The van der Waals surface area contributed by atoms with Gasteiger partial charge in [-0.15, -0.1) is 0 Å². The Hall–Kier alpha value is -0.990. The van der Waals surface area contributed by atoms with Crippen LogP contribution in [0.3, 0.4) is 0 Å². The van der Waals surface area contributed by atoms with Crippen LogP contribution in [-0.2, 0) is 15.4 Å². The highest BCUT2D eigenvalue weighted by atomic mass is 32.2. The summed E-state index contributed by atoms with van der Waals surface area (Å²) in [6.45, 7) is 2.97. The number of aliphatic hydroxyl groups is 1. The van der Waals surface area contributed by atoms with Crippen molar-refractivity contribution in [3.05, 3.63) is 35.4 Å². The van der Waals surface area contributed by atoms with Crippen molar-refractivity contribution in [3.8, 4) is 0 Å². The molecular weight excluding hydrogens is 350 g/mol. The van der Waals surface area contributed by atoms with E-state index in [0.717, 1.165) is 38.8 Å². The van der Waals surface area contributed by atoms with E-state index in [0.29, 0.717) is 13.1 Å². The van der Waals surface area contributed by atoms with E-state index < -0.39 is 16.1 Å². The number of nitrogens with one attached hydrogen (secondary N) is 2. The van der Waals surface area contributed by atoms with E-state index in [1.807, 2.05) is 6.07 Å². The number of fused-ring (bicyclic) bond motifs is 2. The Kier molecular flexibility index (Phi) is 4.86. The first kappa shape index (κ1) is 18.4. The minimum atomic E-state index is -3.11. The first-order valence-corrected chi connectivity index (χ1v) is 11.5. The van der Waals surface area contributed by atoms with Crippen molar-refractivity contribution in [1.82, 2.24) is 14.9 Å². The summed E-state index contributed by atoms with van der Waals surface area (Å²) in [6.07, 6.45) is 4.32. The van der Waals surface area contributed by atoms with Crippen molar-refractivity contribution in [2.75, 3.05) is 32.4 Å². The molecule has 144 valence electrons. The topological polar surface area (TPSA) is 81.7 Å². The molecule has 0 aromatic heterocycles. The second-order valence-corrected chi connectivity index (χ2v) is 10.0. The lowest BCUT2D eigenvalue weighted by molar-refractivity contribution is 0.0387. The van der Waals surface area contributed by atoms with Crippen LogP contribution in [0.2, 0.25) is 0 Å². The molecule has 4 rings (SSSR count). The van der Waals surface area contributed by atoms with E-state index in [1.165, 1.54) is 17.4 Å². The molecule has 26 heavy (non-hydrogen) atoms. The predicted molar refractivity (Wildman–Crippen MR) is 102 cm³/mol. The van der Waals surface area contributed by atoms with Crippen LogP contribution in [0.15, 0.2) is 24.3 Å². The molecule has 6 nitrogen and oxygen atoms in total. The van der Waals surface area contributed by atoms with Crippen molar-refractivity contribution in [3.63, 3.8) is 0 Å². The molecule has 1 aliphatic carbocycles. The predicted octanol–water partition coefficient (Wildman–Crippen LogP) is 0.737. The first-order valence-electron chi connectivity index (χ1n) is 9.61. The zero-order chi connectivity index (χ0) is 18.4. The molecule has 2 atom stereocenters. The first-order chi connectivity index (χ1) is 12.4. The molecule has 3 aliphatic rings. The van der Waals surface area contributed by atoms with E-state index in [2.05, 4.69) is 28.8 Å². The fraction of sp³-hybridized carbons (Fsp3) is 0.684. The smallest absolute Gasteiger partial charge is 0.211 e. The molecule has 0 bridgehead atoms. The van der Waals surface area contributed by atoms with Crippen LogP contribution in [0.5, 0.6) is 0 Å². The van der Waals surface area contributed by atoms with Crippen molar-refractivity contribution < 1.29 is 13.5 Å². The Labute approximate surface area is 156 Å². The van der Waals surface area contributed by atoms with Crippen molar-refractivity contribution in [1.29, 1.82) is 0 Å². The molecule has 2 fully saturated rings. The van der Waals surface area contributed by atoms with Crippen molar-refractivity contribution in [2.24, 2.45) is 0 Å². The highest BCUT2D eigenvalue weighted by Gasteiger charge is 2.52. The summed E-state index contributed by atoms with van der Waals surface area (Å²) in [5.74, 6) is 0. The quantitative estimate of drug-likeness (QED) is 0.722. The number of rotatable bonds is 3. The zero-order valence-electron chi connectivity index (χ0n) is 15.3. The summed E-state index contributed by atoms with van der Waals surface area (Å²) < 4.78 is 25.0. The van der Waals surface area contributed by atoms with E-state index in [4.69, 9.17) is 0 Å². The SMILES string of the molecule is CS(=O)(=O)N1CCC(N[C@@H]2c3ccccc3C3(CCNCC3)[C@H]2O)CC1. The average Bonchev–Trinajstić information content (AvgIpc) is 2.85. The Morgan fingerprint density at radius 1 is 1.19 bits per heavy atom. The van der Waals surface area contributed by atoms with Gasteiger partial charge in [-0.3, -0.25) is 0 Å². The number of piperidine rings is 2. The normalized spacial score (nSPS) is 29.8. The summed E-state index contributed by atoms with van der Waals surface area (Å²) in [5.41, 5.74) is 2.35. The minimum absolute atomic E-state index is 0.0703. The van der Waals surface area contributed by atoms with Gasteiger partial charge in [-0.25, -0.2) is 12.7 Å². The third-order valence-electron chi connectivity index (χ3n) is 6.55. The van der Waals surface area contributed by atoms with Crippen LogP contribution < -0.4 is 10.6 Å². The third kappa shape index (κ3) is 3.10. The minimum Gasteiger partial charge on any atom is -0.390 e. The molecule has 3 N–H and O–H groups in total. The zero-order valence-corrected chi connectivity index (χ0v) is 16.1. The van der Waals surface area contributed by atoms with E-state index >= 15 is 0 Å². The summed E-state index contributed by atoms with van der Waals surface area (Å²) in [4.78, 5) is 0. The van der Waals surface area contributed by atoms with Crippen LogP contribution in [0.25, 0.3) is 0 Å². The Morgan fingerprint density at radius 3 is 2.50 bits per heavy atom. The maximum atomic E-state index is 11.7. The summed E-state index contributed by atoms with van der Waals surface area (Å²) in [7, 11) is -3.11. The number of hydrogen-bond donors (Lipinski definition) is 3. The van der Waals surface area contributed by atoms with E-state index in [1.54, 1.807) is 4.31 Å². The molecule has 1 aromatic rings. The molecule has 7 heteroatoms. The van der Waals surface area contributed by atoms with Gasteiger partial charge in [0, 0.05) is 24.5 Å². The van der Waals surface area contributed by atoms with Crippen molar-refractivity contribution in [2.45, 2.75) is 49.3 Å². The Morgan fingerprint density at radius 2 is 1.85 bits per heavy atom. The molecule has 0 saturated carbocycles. The molecule has 0 radical (unpaired) electrons. The summed E-state index contributed by atoms with van der Waals surface area (Å²) in [6, 6.07) is 8.60. The third-order valence-corrected chi connectivity index (χ3v) is 7.85. The lowest BCUT2D eigenvalue weighted by Crippen LogP contribution is -2.51. The van der Waals surface area contributed by atoms with Gasteiger partial charge in [-0.05, 0) is 49.9 Å². The fourth-order valence-corrected chi connectivity index (χ4v) is 5.97. The molecule has 2 heterocycles. The number of benzene rings is 1. The molecule has 1 spiro atoms. The highest BCUT2D eigenvalue weighted by molar-refractivity contribution is 7.88. The van der Waals surface area contributed by atoms with Gasteiger partial charge >= 0.3 is 0 Å². The van der Waals surface area contributed by atoms with Gasteiger partial charge in [0.15, 0.2) is 0 Å². The monoisotopic (exact) mass is 379 g/mol. The van der Waals surface area contributed by atoms with Crippen LogP contribution in [0, 0.1) is 0 Å². The fourth-order valence-electron chi connectivity index (χ4n) is 5.10. The van der Waals surface area contributed by atoms with Crippen LogP contribution >= 0.6 is 0 Å². The molecule has 0 amide bonds. The van der Waals surface area contributed by atoms with E-state index in [9.17, 15) is 13.5 Å². The average molecular weight is 380 g/mol. The largest absolute Gasteiger partial charge is 0.390 e. The molecule has 1 aromatic carbocycles. The lowest BCUT2D eigenvalue weighted by atomic mass is 9.72. The van der Waals surface area contributed by atoms with Gasteiger partial charge in [-0.1, -0.05) is 24.3 Å².